The smallest absolute Gasteiger partial charge is 0.350 e. The highest BCUT2D eigenvalue weighted by Gasteiger charge is 2.63. The number of hydrogen-bond donors (Lipinski definition) is 1. The Morgan fingerprint density at radius 3 is 2.32 bits per heavy atom. The number of carbonyl (C=O) groups excluding carboxylic acids is 1. The van der Waals surface area contributed by atoms with Crippen molar-refractivity contribution < 1.29 is 26.7 Å². The van der Waals surface area contributed by atoms with E-state index < -0.39 is 18.0 Å². The van der Waals surface area contributed by atoms with Gasteiger partial charge >= 0.3 is 12.1 Å². The SMILES string of the molecule is O=C(NCC1CCN(C2CC2)C1)C(F)(F)C(F)(F)F. The summed E-state index contributed by atoms with van der Waals surface area (Å²) in [4.78, 5) is 13.1. The van der Waals surface area contributed by atoms with E-state index in [1.807, 2.05) is 0 Å². The number of nitrogens with one attached hydrogen (secondary N) is 1. The Balaban J connectivity index is 1.77. The lowest BCUT2D eigenvalue weighted by Gasteiger charge is -2.20. The van der Waals surface area contributed by atoms with Crippen LogP contribution in [0.25, 0.3) is 0 Å². The number of carbonyl (C=O) groups is 1. The van der Waals surface area contributed by atoms with Gasteiger partial charge in [0.25, 0.3) is 5.91 Å². The number of hydrogen-bond acceptors (Lipinski definition) is 2. The molecular weight excluding hydrogens is 271 g/mol. The normalized spacial score (nSPS) is 25.6. The van der Waals surface area contributed by atoms with E-state index in [2.05, 4.69) is 4.90 Å². The van der Waals surface area contributed by atoms with Gasteiger partial charge in [0.05, 0.1) is 0 Å². The second-order valence-corrected chi connectivity index (χ2v) is 5.16. The number of nitrogens with zero attached hydrogens (tertiary/aromatic N) is 1. The molecule has 1 saturated carbocycles. The van der Waals surface area contributed by atoms with Gasteiger partial charge in [-0.2, -0.15) is 22.0 Å². The predicted octanol–water partition coefficient (Wildman–Crippen LogP) is 1.78. The molecule has 0 aromatic carbocycles. The maximum atomic E-state index is 12.7. The fourth-order valence-electron chi connectivity index (χ4n) is 2.28. The molecule has 0 bridgehead atoms. The molecule has 3 nitrogen and oxygen atoms in total. The van der Waals surface area contributed by atoms with E-state index >= 15 is 0 Å². The Morgan fingerprint density at radius 2 is 1.79 bits per heavy atom. The van der Waals surface area contributed by atoms with Gasteiger partial charge in [0.15, 0.2) is 0 Å². The van der Waals surface area contributed by atoms with Crippen molar-refractivity contribution in [3.05, 3.63) is 0 Å². The van der Waals surface area contributed by atoms with Gasteiger partial charge in [-0.25, -0.2) is 0 Å². The maximum Gasteiger partial charge on any atom is 0.463 e. The molecule has 1 N–H and O–H groups in total. The van der Waals surface area contributed by atoms with Gasteiger partial charge in [-0.1, -0.05) is 0 Å². The van der Waals surface area contributed by atoms with Crippen molar-refractivity contribution in [1.82, 2.24) is 10.2 Å². The van der Waals surface area contributed by atoms with Crippen LogP contribution in [0.15, 0.2) is 0 Å². The van der Waals surface area contributed by atoms with Crippen LogP contribution >= 0.6 is 0 Å². The highest BCUT2D eigenvalue weighted by atomic mass is 19.4. The maximum absolute atomic E-state index is 12.7. The lowest BCUT2D eigenvalue weighted by atomic mass is 10.1. The third-order valence-electron chi connectivity index (χ3n) is 3.57. The van der Waals surface area contributed by atoms with Crippen LogP contribution in [0.4, 0.5) is 22.0 Å². The van der Waals surface area contributed by atoms with E-state index in [0.29, 0.717) is 19.0 Å². The Kier molecular flexibility index (Phi) is 3.72. The van der Waals surface area contributed by atoms with Crippen molar-refractivity contribution in [3.63, 3.8) is 0 Å². The first-order chi connectivity index (χ1) is 8.72. The molecule has 0 spiro atoms. The van der Waals surface area contributed by atoms with Gasteiger partial charge in [-0.15, -0.1) is 0 Å². The zero-order valence-electron chi connectivity index (χ0n) is 10.1. The minimum atomic E-state index is -5.84. The van der Waals surface area contributed by atoms with Crippen LogP contribution in [0.1, 0.15) is 19.3 Å². The summed E-state index contributed by atoms with van der Waals surface area (Å²) in [5.41, 5.74) is 0. The average molecular weight is 286 g/mol. The molecule has 0 aromatic heterocycles. The second kappa shape index (κ2) is 4.88. The van der Waals surface area contributed by atoms with E-state index in [0.717, 1.165) is 19.4 Å². The first-order valence-corrected chi connectivity index (χ1v) is 6.18. The Morgan fingerprint density at radius 1 is 1.16 bits per heavy atom. The van der Waals surface area contributed by atoms with E-state index in [4.69, 9.17) is 0 Å². The number of likely N-dealkylation sites (tertiary alicyclic amines) is 1. The van der Waals surface area contributed by atoms with Gasteiger partial charge < -0.3 is 10.2 Å². The molecule has 0 aromatic rings. The summed E-state index contributed by atoms with van der Waals surface area (Å²) in [7, 11) is 0. The molecule has 2 aliphatic rings. The van der Waals surface area contributed by atoms with Crippen LogP contribution in [0, 0.1) is 5.92 Å². The van der Waals surface area contributed by atoms with Crippen molar-refractivity contribution in [2.45, 2.75) is 37.4 Å². The van der Waals surface area contributed by atoms with Crippen LogP contribution in [0.5, 0.6) is 0 Å². The molecule has 1 aliphatic carbocycles. The van der Waals surface area contributed by atoms with Gasteiger partial charge in [-0.3, -0.25) is 4.79 Å². The second-order valence-electron chi connectivity index (χ2n) is 5.16. The molecule has 1 saturated heterocycles. The lowest BCUT2D eigenvalue weighted by Crippen LogP contribution is -2.51. The summed E-state index contributed by atoms with van der Waals surface area (Å²) in [5, 5.41) is 1.72. The molecular formula is C11H15F5N2O. The van der Waals surface area contributed by atoms with E-state index in [1.165, 1.54) is 0 Å². The van der Waals surface area contributed by atoms with Crippen molar-refractivity contribution in [1.29, 1.82) is 0 Å². The molecule has 0 radical (unpaired) electrons. The van der Waals surface area contributed by atoms with Gasteiger partial charge in [0, 0.05) is 19.1 Å². The minimum Gasteiger partial charge on any atom is -0.350 e. The third kappa shape index (κ3) is 3.16. The fourth-order valence-corrected chi connectivity index (χ4v) is 2.28. The summed E-state index contributed by atoms with van der Waals surface area (Å²) in [6.07, 6.45) is -2.89. The number of rotatable bonds is 4. The monoisotopic (exact) mass is 286 g/mol. The van der Waals surface area contributed by atoms with Crippen LogP contribution in [-0.2, 0) is 4.79 Å². The molecule has 1 aliphatic heterocycles. The molecule has 19 heavy (non-hydrogen) atoms. The topological polar surface area (TPSA) is 32.3 Å². The molecule has 2 rings (SSSR count). The first-order valence-electron chi connectivity index (χ1n) is 6.18. The Hall–Kier alpha value is -0.920. The molecule has 8 heteroatoms. The molecule has 1 heterocycles. The fraction of sp³-hybridized carbons (Fsp3) is 0.909. The molecule has 110 valence electrons. The first kappa shape index (κ1) is 14.5. The van der Waals surface area contributed by atoms with Gasteiger partial charge in [-0.05, 0) is 31.7 Å². The Bertz CT molecular complexity index is 353. The van der Waals surface area contributed by atoms with E-state index in [9.17, 15) is 26.7 Å². The largest absolute Gasteiger partial charge is 0.463 e. The van der Waals surface area contributed by atoms with Crippen LogP contribution in [0.3, 0.4) is 0 Å². The van der Waals surface area contributed by atoms with Crippen LogP contribution in [-0.4, -0.2) is 48.6 Å². The zero-order valence-corrected chi connectivity index (χ0v) is 10.1. The van der Waals surface area contributed by atoms with Crippen molar-refractivity contribution in [2.75, 3.05) is 19.6 Å². The predicted molar refractivity (Wildman–Crippen MR) is 56.7 cm³/mol. The van der Waals surface area contributed by atoms with Gasteiger partial charge in [0.2, 0.25) is 0 Å². The van der Waals surface area contributed by atoms with Crippen molar-refractivity contribution in [3.8, 4) is 0 Å². The quantitative estimate of drug-likeness (QED) is 0.799. The number of amides is 1. The van der Waals surface area contributed by atoms with E-state index in [1.54, 1.807) is 5.32 Å². The average Bonchev–Trinajstić information content (AvgIpc) is 3.04. The number of halogens is 5. The lowest BCUT2D eigenvalue weighted by molar-refractivity contribution is -0.269. The summed E-state index contributed by atoms with van der Waals surface area (Å²) in [6.45, 7) is 1.34. The summed E-state index contributed by atoms with van der Waals surface area (Å²) < 4.78 is 61.2. The Labute approximate surface area is 107 Å². The highest BCUT2D eigenvalue weighted by Crippen LogP contribution is 2.35. The molecule has 1 unspecified atom stereocenters. The van der Waals surface area contributed by atoms with Crippen molar-refractivity contribution in [2.24, 2.45) is 5.92 Å². The molecule has 1 atom stereocenters. The summed E-state index contributed by atoms with van der Waals surface area (Å²) >= 11 is 0. The highest BCUT2D eigenvalue weighted by molar-refractivity contribution is 5.84. The standard InChI is InChI=1S/C11H15F5N2O/c12-10(13,11(14,15)16)9(19)17-5-7-3-4-18(6-7)8-1-2-8/h7-8H,1-6H2,(H,17,19). The molecule has 1 amide bonds. The minimum absolute atomic E-state index is 0.0476. The summed E-state index contributed by atoms with van der Waals surface area (Å²) in [6, 6.07) is 0.539. The summed E-state index contributed by atoms with van der Waals surface area (Å²) in [5.74, 6) is -7.62. The van der Waals surface area contributed by atoms with Crippen LogP contribution < -0.4 is 5.32 Å². The van der Waals surface area contributed by atoms with Crippen LogP contribution in [0.2, 0.25) is 0 Å². The molecule has 2 fully saturated rings. The third-order valence-corrected chi connectivity index (χ3v) is 3.57. The van der Waals surface area contributed by atoms with Crippen molar-refractivity contribution >= 4 is 5.91 Å². The number of alkyl halides is 5. The van der Waals surface area contributed by atoms with Gasteiger partial charge in [0.1, 0.15) is 0 Å². The van der Waals surface area contributed by atoms with E-state index in [-0.39, 0.29) is 12.5 Å². The zero-order chi connectivity index (χ0) is 14.3.